The van der Waals surface area contributed by atoms with Crippen LogP contribution in [0, 0.1) is 0 Å². The van der Waals surface area contributed by atoms with E-state index in [9.17, 15) is 18.0 Å². The summed E-state index contributed by atoms with van der Waals surface area (Å²) in [5, 5.41) is 2.65. The zero-order chi connectivity index (χ0) is 18.2. The lowest BCUT2D eigenvalue weighted by atomic mass is 10.1. The van der Waals surface area contributed by atoms with E-state index in [0.29, 0.717) is 22.6 Å². The molecule has 0 saturated carbocycles. The molecule has 0 spiro atoms. The second-order valence-electron chi connectivity index (χ2n) is 5.31. The fourth-order valence-electron chi connectivity index (χ4n) is 2.54. The van der Waals surface area contributed by atoms with Crippen molar-refractivity contribution in [3.8, 4) is 5.75 Å². The number of nitrogens with zero attached hydrogens (tertiary/aromatic N) is 2. The summed E-state index contributed by atoms with van der Waals surface area (Å²) in [6, 6.07) is 5.62. The summed E-state index contributed by atoms with van der Waals surface area (Å²) in [7, 11) is 3.33. The standard InChI is InChI=1S/C16H14F3N3O2S/c1-22-8-21-10-3-4-11(24-2)9(14(10)22)7-20-15(23)12-5-6-13(25-12)16(17,18)19/h3-6,8H,7H2,1-2H3,(H,20,23). The van der Waals surface area contributed by atoms with Gasteiger partial charge in [0.1, 0.15) is 10.6 Å². The number of aryl methyl sites for hydroxylation is 1. The fraction of sp³-hybridized carbons (Fsp3) is 0.250. The van der Waals surface area contributed by atoms with E-state index in [0.717, 1.165) is 17.1 Å². The lowest BCUT2D eigenvalue weighted by Crippen LogP contribution is -2.22. The van der Waals surface area contributed by atoms with Gasteiger partial charge in [-0.3, -0.25) is 4.79 Å². The second kappa shape index (κ2) is 6.40. The van der Waals surface area contributed by atoms with Gasteiger partial charge in [-0.05, 0) is 24.3 Å². The summed E-state index contributed by atoms with van der Waals surface area (Å²) in [5.74, 6) is 0.000264. The number of rotatable bonds is 4. The predicted octanol–water partition coefficient (Wildman–Crippen LogP) is 3.59. The van der Waals surface area contributed by atoms with Crippen LogP contribution in [0.2, 0.25) is 0 Å². The average Bonchev–Trinajstić information content (AvgIpc) is 3.19. The highest BCUT2D eigenvalue weighted by atomic mass is 32.1. The van der Waals surface area contributed by atoms with Crippen LogP contribution in [-0.4, -0.2) is 22.6 Å². The molecule has 3 rings (SSSR count). The molecule has 0 bridgehead atoms. The first-order valence-electron chi connectivity index (χ1n) is 7.23. The predicted molar refractivity (Wildman–Crippen MR) is 87.8 cm³/mol. The number of halogens is 3. The minimum Gasteiger partial charge on any atom is -0.496 e. The molecule has 2 heterocycles. The highest BCUT2D eigenvalue weighted by Crippen LogP contribution is 2.34. The minimum atomic E-state index is -4.45. The summed E-state index contributed by atoms with van der Waals surface area (Å²) in [5.41, 5.74) is 2.24. The van der Waals surface area contributed by atoms with Gasteiger partial charge in [0.25, 0.3) is 5.91 Å². The van der Waals surface area contributed by atoms with Gasteiger partial charge in [-0.25, -0.2) is 4.98 Å². The van der Waals surface area contributed by atoms with Crippen LogP contribution in [0.15, 0.2) is 30.6 Å². The monoisotopic (exact) mass is 369 g/mol. The van der Waals surface area contributed by atoms with E-state index < -0.39 is 17.0 Å². The number of hydrogen-bond donors (Lipinski definition) is 1. The Balaban J connectivity index is 1.84. The number of alkyl halides is 3. The van der Waals surface area contributed by atoms with Crippen LogP contribution in [0.25, 0.3) is 11.0 Å². The molecule has 5 nitrogen and oxygen atoms in total. The van der Waals surface area contributed by atoms with Gasteiger partial charge in [-0.2, -0.15) is 13.2 Å². The molecule has 9 heteroatoms. The number of fused-ring (bicyclic) bond motifs is 1. The third-order valence-electron chi connectivity index (χ3n) is 3.70. The Morgan fingerprint density at radius 3 is 2.72 bits per heavy atom. The van der Waals surface area contributed by atoms with E-state index in [1.54, 1.807) is 23.0 Å². The number of thiophene rings is 1. The van der Waals surface area contributed by atoms with Crippen LogP contribution in [-0.2, 0) is 19.8 Å². The van der Waals surface area contributed by atoms with Gasteiger partial charge in [0.2, 0.25) is 0 Å². The van der Waals surface area contributed by atoms with E-state index in [-0.39, 0.29) is 11.4 Å². The van der Waals surface area contributed by atoms with Crippen molar-refractivity contribution in [1.29, 1.82) is 0 Å². The Bertz CT molecular complexity index is 930. The molecule has 0 aliphatic rings. The summed E-state index contributed by atoms with van der Waals surface area (Å²) in [6.45, 7) is 0.109. The largest absolute Gasteiger partial charge is 0.496 e. The average molecular weight is 369 g/mol. The van der Waals surface area contributed by atoms with Crippen molar-refractivity contribution in [2.24, 2.45) is 7.05 Å². The van der Waals surface area contributed by atoms with Crippen LogP contribution in [0.4, 0.5) is 13.2 Å². The van der Waals surface area contributed by atoms with Crippen molar-refractivity contribution < 1.29 is 22.7 Å². The molecule has 3 aromatic rings. The third kappa shape index (κ3) is 3.32. The van der Waals surface area contributed by atoms with Crippen molar-refractivity contribution in [2.75, 3.05) is 7.11 Å². The molecule has 1 N–H and O–H groups in total. The number of aromatic nitrogens is 2. The smallest absolute Gasteiger partial charge is 0.425 e. The van der Waals surface area contributed by atoms with Crippen LogP contribution in [0.1, 0.15) is 20.1 Å². The summed E-state index contributed by atoms with van der Waals surface area (Å²) in [4.78, 5) is 15.6. The van der Waals surface area contributed by atoms with Crippen molar-refractivity contribution >= 4 is 28.3 Å². The van der Waals surface area contributed by atoms with Crippen LogP contribution in [0.3, 0.4) is 0 Å². The summed E-state index contributed by atoms with van der Waals surface area (Å²) >= 11 is 0.416. The van der Waals surface area contributed by atoms with Gasteiger partial charge in [0.05, 0.1) is 29.3 Å². The second-order valence-corrected chi connectivity index (χ2v) is 6.40. The molecule has 1 amide bonds. The minimum absolute atomic E-state index is 0.00322. The lowest BCUT2D eigenvalue weighted by molar-refractivity contribution is -0.134. The van der Waals surface area contributed by atoms with E-state index in [1.165, 1.54) is 13.2 Å². The number of benzene rings is 1. The molecule has 0 radical (unpaired) electrons. The molecule has 0 atom stereocenters. The Hall–Kier alpha value is -2.55. The van der Waals surface area contributed by atoms with Gasteiger partial charge < -0.3 is 14.6 Å². The van der Waals surface area contributed by atoms with Crippen molar-refractivity contribution in [1.82, 2.24) is 14.9 Å². The number of methoxy groups -OCH3 is 1. The molecule has 1 aromatic carbocycles. The van der Waals surface area contributed by atoms with Crippen LogP contribution < -0.4 is 10.1 Å². The summed E-state index contributed by atoms with van der Waals surface area (Å²) in [6.07, 6.45) is -2.81. The molecule has 132 valence electrons. The number of imidazole rings is 1. The van der Waals surface area contributed by atoms with Crippen molar-refractivity contribution in [2.45, 2.75) is 12.7 Å². The maximum absolute atomic E-state index is 12.7. The highest BCUT2D eigenvalue weighted by Gasteiger charge is 2.33. The number of amides is 1. The summed E-state index contributed by atoms with van der Waals surface area (Å²) < 4.78 is 45.1. The van der Waals surface area contributed by atoms with Crippen LogP contribution >= 0.6 is 11.3 Å². The Morgan fingerprint density at radius 2 is 2.08 bits per heavy atom. The van der Waals surface area contributed by atoms with E-state index in [2.05, 4.69) is 10.3 Å². The normalized spacial score (nSPS) is 11.7. The van der Waals surface area contributed by atoms with Crippen molar-refractivity contribution in [3.63, 3.8) is 0 Å². The molecule has 0 aliphatic heterocycles. The maximum atomic E-state index is 12.7. The number of carbonyl (C=O) groups excluding carboxylic acids is 1. The molecular weight excluding hydrogens is 355 g/mol. The first kappa shape index (κ1) is 17.3. The topological polar surface area (TPSA) is 56.1 Å². The molecule has 0 fully saturated rings. The molecule has 0 unspecified atom stereocenters. The third-order valence-corrected chi connectivity index (χ3v) is 4.82. The Morgan fingerprint density at radius 1 is 1.32 bits per heavy atom. The Labute approximate surface area is 145 Å². The van der Waals surface area contributed by atoms with Gasteiger partial charge in [-0.1, -0.05) is 0 Å². The van der Waals surface area contributed by atoms with Crippen molar-refractivity contribution in [3.05, 3.63) is 45.9 Å². The van der Waals surface area contributed by atoms with Gasteiger partial charge in [-0.15, -0.1) is 11.3 Å². The number of nitrogens with one attached hydrogen (secondary N) is 1. The fourth-order valence-corrected chi connectivity index (χ4v) is 3.33. The van der Waals surface area contributed by atoms with Gasteiger partial charge in [0.15, 0.2) is 0 Å². The Kier molecular flexibility index (Phi) is 4.42. The molecular formula is C16H14F3N3O2S. The zero-order valence-electron chi connectivity index (χ0n) is 13.3. The zero-order valence-corrected chi connectivity index (χ0v) is 14.2. The molecule has 0 aliphatic carbocycles. The number of ether oxygens (including phenoxy) is 1. The molecule has 2 aromatic heterocycles. The first-order chi connectivity index (χ1) is 11.8. The van der Waals surface area contributed by atoms with E-state index in [1.807, 2.05) is 7.05 Å². The molecule has 0 saturated heterocycles. The SMILES string of the molecule is COc1ccc2ncn(C)c2c1CNC(=O)c1ccc(C(F)(F)F)s1. The highest BCUT2D eigenvalue weighted by molar-refractivity contribution is 7.14. The number of hydrogen-bond acceptors (Lipinski definition) is 4. The van der Waals surface area contributed by atoms with Gasteiger partial charge >= 0.3 is 6.18 Å². The molecule has 25 heavy (non-hydrogen) atoms. The number of carbonyl (C=O) groups is 1. The first-order valence-corrected chi connectivity index (χ1v) is 8.05. The quantitative estimate of drug-likeness (QED) is 0.765. The van der Waals surface area contributed by atoms with E-state index in [4.69, 9.17) is 4.74 Å². The maximum Gasteiger partial charge on any atom is 0.425 e. The lowest BCUT2D eigenvalue weighted by Gasteiger charge is -2.12. The van der Waals surface area contributed by atoms with E-state index >= 15 is 0 Å². The van der Waals surface area contributed by atoms with Crippen LogP contribution in [0.5, 0.6) is 5.75 Å². The van der Waals surface area contributed by atoms with Gasteiger partial charge in [0, 0.05) is 19.2 Å².